The fraction of sp³-hybridized carbons (Fsp3) is 0.233. The first-order valence-corrected chi connectivity index (χ1v) is 12.4. The van der Waals surface area contributed by atoms with Crippen LogP contribution >= 0.6 is 0 Å². The van der Waals surface area contributed by atoms with E-state index in [-0.39, 0.29) is 24.9 Å². The van der Waals surface area contributed by atoms with Gasteiger partial charge in [0, 0.05) is 18.7 Å². The van der Waals surface area contributed by atoms with Crippen molar-refractivity contribution in [3.05, 3.63) is 102 Å². The number of hydrogen-bond donors (Lipinski definition) is 1. The lowest BCUT2D eigenvalue weighted by molar-refractivity contribution is -0.133. The van der Waals surface area contributed by atoms with Crippen molar-refractivity contribution in [2.45, 2.75) is 32.1 Å². The van der Waals surface area contributed by atoms with Crippen LogP contribution in [0, 0.1) is 0 Å². The Hall–Kier alpha value is -4.59. The van der Waals surface area contributed by atoms with Gasteiger partial charge < -0.3 is 19.7 Å². The Bertz CT molecular complexity index is 1450. The van der Waals surface area contributed by atoms with Crippen LogP contribution in [0.5, 0.6) is 11.5 Å². The number of aromatic nitrogens is 2. The molecule has 0 bridgehead atoms. The Morgan fingerprint density at radius 3 is 2.29 bits per heavy atom. The van der Waals surface area contributed by atoms with Crippen LogP contribution in [0.15, 0.2) is 84.9 Å². The molecule has 4 aromatic rings. The van der Waals surface area contributed by atoms with Crippen LogP contribution in [-0.4, -0.2) is 46.3 Å². The number of benzene rings is 3. The highest BCUT2D eigenvalue weighted by molar-refractivity contribution is 6.00. The summed E-state index contributed by atoms with van der Waals surface area (Å²) >= 11 is 0. The van der Waals surface area contributed by atoms with Crippen molar-refractivity contribution in [1.29, 1.82) is 0 Å². The van der Waals surface area contributed by atoms with Crippen LogP contribution < -0.4 is 14.8 Å². The molecular formula is C30H30N4O4. The zero-order chi connectivity index (χ0) is 26.7. The summed E-state index contributed by atoms with van der Waals surface area (Å²) in [5.74, 6) is 0.631. The first kappa shape index (κ1) is 25.1. The Kier molecular flexibility index (Phi) is 6.87. The molecular weight excluding hydrogens is 480 g/mol. The molecule has 1 N–H and O–H groups in total. The number of nitrogens with one attached hydrogen (secondary N) is 1. The molecule has 1 aromatic heterocycles. The summed E-state index contributed by atoms with van der Waals surface area (Å²) in [6, 6.07) is 26.7. The number of nitrogens with zero attached hydrogens (tertiary/aromatic N) is 3. The maximum atomic E-state index is 14.0. The van der Waals surface area contributed by atoms with Crippen molar-refractivity contribution in [3.8, 4) is 22.8 Å². The molecule has 38 heavy (non-hydrogen) atoms. The Morgan fingerprint density at radius 2 is 1.61 bits per heavy atom. The molecule has 1 atom stereocenters. The van der Waals surface area contributed by atoms with Crippen LogP contribution in [0.2, 0.25) is 0 Å². The Labute approximate surface area is 221 Å². The van der Waals surface area contributed by atoms with Gasteiger partial charge in [-0.3, -0.25) is 14.3 Å². The third kappa shape index (κ3) is 4.72. The first-order chi connectivity index (χ1) is 18.4. The number of methoxy groups -OCH3 is 2. The number of carbonyl (C=O) groups excluding carboxylic acids is 2. The lowest BCUT2D eigenvalue weighted by Gasteiger charge is -2.43. The van der Waals surface area contributed by atoms with E-state index in [1.807, 2.05) is 72.8 Å². The SMILES string of the molecule is COc1ccc(CN2C(=O)c3cc(-c4ccccc4)nn3C[C@]2(C)C(=O)NCc2ccccc2)cc1OC. The predicted molar refractivity (Wildman–Crippen MR) is 144 cm³/mol. The van der Waals surface area contributed by atoms with Crippen LogP contribution in [0.1, 0.15) is 28.5 Å². The maximum Gasteiger partial charge on any atom is 0.273 e. The highest BCUT2D eigenvalue weighted by Crippen LogP contribution is 2.33. The van der Waals surface area contributed by atoms with E-state index in [4.69, 9.17) is 14.6 Å². The average molecular weight is 511 g/mol. The van der Waals surface area contributed by atoms with E-state index >= 15 is 0 Å². The van der Waals surface area contributed by atoms with Gasteiger partial charge in [-0.15, -0.1) is 0 Å². The van der Waals surface area contributed by atoms with Crippen molar-refractivity contribution in [3.63, 3.8) is 0 Å². The molecule has 0 fully saturated rings. The minimum absolute atomic E-state index is 0.209. The van der Waals surface area contributed by atoms with E-state index in [0.29, 0.717) is 29.4 Å². The van der Waals surface area contributed by atoms with Crippen LogP contribution in [0.4, 0.5) is 0 Å². The molecule has 2 heterocycles. The average Bonchev–Trinajstić information content (AvgIpc) is 3.38. The van der Waals surface area contributed by atoms with E-state index in [9.17, 15) is 9.59 Å². The highest BCUT2D eigenvalue weighted by atomic mass is 16.5. The zero-order valence-corrected chi connectivity index (χ0v) is 21.7. The predicted octanol–water partition coefficient (Wildman–Crippen LogP) is 4.30. The molecule has 0 saturated carbocycles. The van der Waals surface area contributed by atoms with E-state index in [0.717, 1.165) is 16.7 Å². The van der Waals surface area contributed by atoms with Crippen molar-refractivity contribution < 1.29 is 19.1 Å². The number of hydrogen-bond acceptors (Lipinski definition) is 5. The second kappa shape index (κ2) is 10.4. The van der Waals surface area contributed by atoms with E-state index in [1.54, 1.807) is 42.9 Å². The van der Waals surface area contributed by atoms with Crippen molar-refractivity contribution in [1.82, 2.24) is 20.0 Å². The molecule has 3 aromatic carbocycles. The van der Waals surface area contributed by atoms with Crippen molar-refractivity contribution in [2.24, 2.45) is 0 Å². The van der Waals surface area contributed by atoms with Gasteiger partial charge in [-0.05, 0) is 36.2 Å². The molecule has 5 rings (SSSR count). The zero-order valence-electron chi connectivity index (χ0n) is 21.7. The Balaban J connectivity index is 1.51. The molecule has 0 radical (unpaired) electrons. The molecule has 8 nitrogen and oxygen atoms in total. The summed E-state index contributed by atoms with van der Waals surface area (Å²) in [5.41, 5.74) is 2.64. The fourth-order valence-corrected chi connectivity index (χ4v) is 4.77. The second-order valence-electron chi connectivity index (χ2n) is 9.46. The molecule has 2 amide bonds. The molecule has 0 unspecified atom stereocenters. The van der Waals surface area contributed by atoms with Crippen molar-refractivity contribution in [2.75, 3.05) is 14.2 Å². The van der Waals surface area contributed by atoms with E-state index in [1.165, 1.54) is 0 Å². The molecule has 0 saturated heterocycles. The van der Waals surface area contributed by atoms with Crippen LogP contribution in [0.3, 0.4) is 0 Å². The second-order valence-corrected chi connectivity index (χ2v) is 9.46. The van der Waals surface area contributed by atoms with Gasteiger partial charge in [0.15, 0.2) is 11.5 Å². The van der Waals surface area contributed by atoms with E-state index < -0.39 is 5.54 Å². The van der Waals surface area contributed by atoms with Crippen LogP contribution in [0.25, 0.3) is 11.3 Å². The molecule has 1 aliphatic heterocycles. The fourth-order valence-electron chi connectivity index (χ4n) is 4.77. The third-order valence-electron chi connectivity index (χ3n) is 6.94. The summed E-state index contributed by atoms with van der Waals surface area (Å²) in [6.45, 7) is 2.57. The van der Waals surface area contributed by atoms with Gasteiger partial charge in [0.05, 0.1) is 26.5 Å². The standard InChI is InChI=1S/C30H30N4O4/c1-30(29(36)31-18-21-10-6-4-7-11-21)20-34-25(17-24(32-34)23-12-8-5-9-13-23)28(35)33(30)19-22-14-15-26(37-2)27(16-22)38-3/h4-17H,18-20H2,1-3H3,(H,31,36)/t30-/m1/s1. The Morgan fingerprint density at radius 1 is 0.921 bits per heavy atom. The van der Waals surface area contributed by atoms with Gasteiger partial charge in [0.1, 0.15) is 11.2 Å². The molecule has 8 heteroatoms. The monoisotopic (exact) mass is 510 g/mol. The van der Waals surface area contributed by atoms with Crippen LogP contribution in [-0.2, 0) is 24.4 Å². The normalized spacial score (nSPS) is 16.6. The van der Waals surface area contributed by atoms with Gasteiger partial charge in [-0.25, -0.2) is 0 Å². The summed E-state index contributed by atoms with van der Waals surface area (Å²) in [6.07, 6.45) is 0. The summed E-state index contributed by atoms with van der Waals surface area (Å²) in [7, 11) is 3.14. The number of carbonyl (C=O) groups is 2. The smallest absolute Gasteiger partial charge is 0.273 e. The number of fused-ring (bicyclic) bond motifs is 1. The highest BCUT2D eigenvalue weighted by Gasteiger charge is 2.48. The van der Waals surface area contributed by atoms with Gasteiger partial charge in [-0.1, -0.05) is 66.7 Å². The van der Waals surface area contributed by atoms with Crippen molar-refractivity contribution >= 4 is 11.8 Å². The third-order valence-corrected chi connectivity index (χ3v) is 6.94. The number of ether oxygens (including phenoxy) is 2. The quantitative estimate of drug-likeness (QED) is 0.382. The largest absolute Gasteiger partial charge is 0.493 e. The summed E-state index contributed by atoms with van der Waals surface area (Å²) < 4.78 is 12.5. The molecule has 1 aliphatic rings. The topological polar surface area (TPSA) is 85.7 Å². The maximum absolute atomic E-state index is 14.0. The van der Waals surface area contributed by atoms with Gasteiger partial charge in [0.25, 0.3) is 5.91 Å². The minimum atomic E-state index is -1.19. The molecule has 0 spiro atoms. The summed E-state index contributed by atoms with van der Waals surface area (Å²) in [5, 5.41) is 7.75. The van der Waals surface area contributed by atoms with Gasteiger partial charge in [0.2, 0.25) is 5.91 Å². The molecule has 0 aliphatic carbocycles. The van der Waals surface area contributed by atoms with Gasteiger partial charge in [-0.2, -0.15) is 5.10 Å². The summed E-state index contributed by atoms with van der Waals surface area (Å²) in [4.78, 5) is 29.4. The lowest BCUT2D eigenvalue weighted by Crippen LogP contribution is -2.63. The minimum Gasteiger partial charge on any atom is -0.493 e. The van der Waals surface area contributed by atoms with E-state index in [2.05, 4.69) is 5.32 Å². The lowest BCUT2D eigenvalue weighted by atomic mass is 9.94. The number of rotatable bonds is 8. The van der Waals surface area contributed by atoms with Gasteiger partial charge >= 0.3 is 0 Å². The first-order valence-electron chi connectivity index (χ1n) is 12.4. The molecule has 194 valence electrons. The number of amides is 2.